The van der Waals surface area contributed by atoms with Crippen LogP contribution >= 0.6 is 0 Å². The van der Waals surface area contributed by atoms with E-state index in [4.69, 9.17) is 10.00 Å². The molecule has 0 aromatic carbocycles. The highest BCUT2D eigenvalue weighted by Gasteiger charge is 2.51. The van der Waals surface area contributed by atoms with E-state index in [0.717, 1.165) is 6.42 Å². The van der Waals surface area contributed by atoms with Gasteiger partial charge in [0, 0.05) is 5.92 Å². The zero-order valence-electron chi connectivity index (χ0n) is 7.63. The predicted molar refractivity (Wildman–Crippen MR) is 43.1 cm³/mol. The first-order chi connectivity index (χ1) is 5.56. The van der Waals surface area contributed by atoms with Crippen LogP contribution in [0.5, 0.6) is 0 Å². The van der Waals surface area contributed by atoms with Gasteiger partial charge in [0.1, 0.15) is 6.10 Å². The molecular weight excluding hydrogens is 154 g/mol. The molecule has 3 heteroatoms. The number of nitriles is 1. The van der Waals surface area contributed by atoms with Crippen molar-refractivity contribution in [2.75, 3.05) is 0 Å². The van der Waals surface area contributed by atoms with Gasteiger partial charge in [-0.2, -0.15) is 5.26 Å². The number of carbonyl (C=O) groups is 1. The molecule has 1 fully saturated rings. The highest BCUT2D eigenvalue weighted by Crippen LogP contribution is 2.39. The van der Waals surface area contributed by atoms with E-state index in [2.05, 4.69) is 0 Å². The lowest BCUT2D eigenvalue weighted by atomic mass is 9.78. The molecule has 1 saturated heterocycles. The molecule has 0 aliphatic carbocycles. The Hall–Kier alpha value is -1.04. The highest BCUT2D eigenvalue weighted by atomic mass is 16.6. The number of esters is 1. The lowest BCUT2D eigenvalue weighted by Crippen LogP contribution is -2.27. The van der Waals surface area contributed by atoms with E-state index >= 15 is 0 Å². The maximum absolute atomic E-state index is 11.3. The summed E-state index contributed by atoms with van der Waals surface area (Å²) in [6.07, 6.45) is 0.701. The molecule has 3 atom stereocenters. The van der Waals surface area contributed by atoms with Crippen molar-refractivity contribution in [2.24, 2.45) is 11.3 Å². The number of carbonyl (C=O) groups excluding carboxylic acids is 1. The Morgan fingerprint density at radius 1 is 1.75 bits per heavy atom. The molecule has 1 aliphatic heterocycles. The second-order valence-electron chi connectivity index (χ2n) is 3.45. The Morgan fingerprint density at radius 2 is 2.33 bits per heavy atom. The zero-order valence-corrected chi connectivity index (χ0v) is 7.63. The number of hydrogen-bond acceptors (Lipinski definition) is 3. The largest absolute Gasteiger partial charge is 0.461 e. The summed E-state index contributed by atoms with van der Waals surface area (Å²) in [7, 11) is 0. The van der Waals surface area contributed by atoms with E-state index in [1.807, 2.05) is 19.9 Å². The second kappa shape index (κ2) is 2.78. The second-order valence-corrected chi connectivity index (χ2v) is 3.45. The summed E-state index contributed by atoms with van der Waals surface area (Å²) in [5.41, 5.74) is -0.930. The Balaban J connectivity index is 2.93. The SMILES string of the molecule is CC[C@H]1OC(=O)[C@](C)(C#N)[C@@H]1C. The van der Waals surface area contributed by atoms with Crippen LogP contribution in [0, 0.1) is 22.7 Å². The first-order valence-electron chi connectivity index (χ1n) is 4.18. The summed E-state index contributed by atoms with van der Waals surface area (Å²) in [6, 6.07) is 2.03. The maximum Gasteiger partial charge on any atom is 0.326 e. The van der Waals surface area contributed by atoms with Crippen LogP contribution in [-0.2, 0) is 9.53 Å². The minimum Gasteiger partial charge on any atom is -0.461 e. The average molecular weight is 167 g/mol. The fourth-order valence-electron chi connectivity index (χ4n) is 1.50. The number of nitrogens with zero attached hydrogens (tertiary/aromatic N) is 1. The van der Waals surface area contributed by atoms with Gasteiger partial charge >= 0.3 is 5.97 Å². The van der Waals surface area contributed by atoms with E-state index in [-0.39, 0.29) is 18.0 Å². The third-order valence-corrected chi connectivity index (χ3v) is 2.79. The van der Waals surface area contributed by atoms with Crippen molar-refractivity contribution in [3.05, 3.63) is 0 Å². The first kappa shape index (κ1) is 9.05. The van der Waals surface area contributed by atoms with Crippen molar-refractivity contribution in [3.8, 4) is 6.07 Å². The van der Waals surface area contributed by atoms with E-state index in [0.29, 0.717) is 0 Å². The minimum absolute atomic E-state index is 0.000000000000000444. The molecule has 1 heterocycles. The molecule has 0 aromatic rings. The van der Waals surface area contributed by atoms with Crippen LogP contribution in [0.15, 0.2) is 0 Å². The van der Waals surface area contributed by atoms with Crippen molar-refractivity contribution >= 4 is 5.97 Å². The molecule has 0 spiro atoms. The molecule has 0 unspecified atom stereocenters. The molecule has 1 aliphatic rings. The van der Waals surface area contributed by atoms with Crippen LogP contribution in [-0.4, -0.2) is 12.1 Å². The van der Waals surface area contributed by atoms with Crippen molar-refractivity contribution in [1.29, 1.82) is 5.26 Å². The van der Waals surface area contributed by atoms with Crippen LogP contribution < -0.4 is 0 Å². The van der Waals surface area contributed by atoms with Gasteiger partial charge in [-0.15, -0.1) is 0 Å². The fourth-order valence-corrected chi connectivity index (χ4v) is 1.50. The summed E-state index contributed by atoms with van der Waals surface area (Å²) in [6.45, 7) is 5.50. The summed E-state index contributed by atoms with van der Waals surface area (Å²) in [4.78, 5) is 11.3. The Bertz CT molecular complexity index is 243. The van der Waals surface area contributed by atoms with Crippen LogP contribution in [0.25, 0.3) is 0 Å². The van der Waals surface area contributed by atoms with E-state index in [9.17, 15) is 4.79 Å². The Morgan fingerprint density at radius 3 is 2.58 bits per heavy atom. The van der Waals surface area contributed by atoms with Gasteiger partial charge in [-0.25, -0.2) is 0 Å². The van der Waals surface area contributed by atoms with E-state index < -0.39 is 5.41 Å². The fraction of sp³-hybridized carbons (Fsp3) is 0.778. The molecule has 0 bridgehead atoms. The van der Waals surface area contributed by atoms with E-state index in [1.165, 1.54) is 0 Å². The van der Waals surface area contributed by atoms with Crippen molar-refractivity contribution in [3.63, 3.8) is 0 Å². The predicted octanol–water partition coefficient (Wildman–Crippen LogP) is 1.49. The molecule has 0 aromatic heterocycles. The number of hydrogen-bond donors (Lipinski definition) is 0. The summed E-state index contributed by atoms with van der Waals surface area (Å²) in [5, 5.41) is 8.83. The molecule has 12 heavy (non-hydrogen) atoms. The molecule has 0 radical (unpaired) electrons. The van der Waals surface area contributed by atoms with Gasteiger partial charge in [-0.05, 0) is 13.3 Å². The lowest BCUT2D eigenvalue weighted by Gasteiger charge is -2.16. The monoisotopic (exact) mass is 167 g/mol. The van der Waals surface area contributed by atoms with Crippen molar-refractivity contribution in [1.82, 2.24) is 0 Å². The normalized spacial score (nSPS) is 40.7. The molecule has 0 amide bonds. The number of rotatable bonds is 1. The molecular formula is C9H13NO2. The third-order valence-electron chi connectivity index (χ3n) is 2.79. The Labute approximate surface area is 72.3 Å². The quantitative estimate of drug-likeness (QED) is 0.556. The molecule has 3 nitrogen and oxygen atoms in total. The zero-order chi connectivity index (χ0) is 9.35. The van der Waals surface area contributed by atoms with Crippen LogP contribution in [0.4, 0.5) is 0 Å². The average Bonchev–Trinajstić information content (AvgIpc) is 2.30. The van der Waals surface area contributed by atoms with Crippen molar-refractivity contribution in [2.45, 2.75) is 33.3 Å². The topological polar surface area (TPSA) is 50.1 Å². The maximum atomic E-state index is 11.3. The van der Waals surface area contributed by atoms with E-state index in [1.54, 1.807) is 6.92 Å². The minimum atomic E-state index is -0.930. The molecule has 66 valence electrons. The summed E-state index contributed by atoms with van der Waals surface area (Å²) in [5.74, 6) is -0.371. The lowest BCUT2D eigenvalue weighted by molar-refractivity contribution is -0.146. The standard InChI is InChI=1S/C9H13NO2/c1-4-7-6(2)9(3,5-10)8(11)12-7/h6-7H,4H2,1-3H3/t6-,7-,9-/m1/s1. The van der Waals surface area contributed by atoms with Gasteiger partial charge in [0.15, 0.2) is 5.41 Å². The Kier molecular flexibility index (Phi) is 2.10. The van der Waals surface area contributed by atoms with Gasteiger partial charge in [0.25, 0.3) is 0 Å². The first-order valence-corrected chi connectivity index (χ1v) is 4.18. The molecule has 0 saturated carbocycles. The van der Waals surface area contributed by atoms with Gasteiger partial charge in [-0.1, -0.05) is 13.8 Å². The van der Waals surface area contributed by atoms with Gasteiger partial charge in [0.2, 0.25) is 0 Å². The van der Waals surface area contributed by atoms with Crippen LogP contribution in [0.3, 0.4) is 0 Å². The van der Waals surface area contributed by atoms with Crippen LogP contribution in [0.1, 0.15) is 27.2 Å². The van der Waals surface area contributed by atoms with Crippen LogP contribution in [0.2, 0.25) is 0 Å². The molecule has 1 rings (SSSR count). The summed E-state index contributed by atoms with van der Waals surface area (Å²) >= 11 is 0. The van der Waals surface area contributed by atoms with Gasteiger partial charge in [0.05, 0.1) is 6.07 Å². The van der Waals surface area contributed by atoms with Gasteiger partial charge < -0.3 is 4.74 Å². The summed E-state index contributed by atoms with van der Waals surface area (Å²) < 4.78 is 5.07. The van der Waals surface area contributed by atoms with Crippen molar-refractivity contribution < 1.29 is 9.53 Å². The smallest absolute Gasteiger partial charge is 0.326 e. The highest BCUT2D eigenvalue weighted by molar-refractivity contribution is 5.82. The van der Waals surface area contributed by atoms with Gasteiger partial charge in [-0.3, -0.25) is 4.79 Å². The third kappa shape index (κ3) is 0.989. The molecule has 0 N–H and O–H groups in total. The number of cyclic esters (lactones) is 1. The number of ether oxygens (including phenoxy) is 1.